The van der Waals surface area contributed by atoms with Gasteiger partial charge in [-0.1, -0.05) is 36.4 Å². The molecular weight excluding hydrogens is 400 g/mol. The van der Waals surface area contributed by atoms with E-state index in [4.69, 9.17) is 9.84 Å². The fourth-order valence-corrected chi connectivity index (χ4v) is 3.48. The number of carbonyl (C=O) groups excluding carboxylic acids is 1. The molecule has 1 amide bonds. The first-order chi connectivity index (χ1) is 15.7. The third kappa shape index (κ3) is 4.75. The van der Waals surface area contributed by atoms with Crippen LogP contribution >= 0.6 is 0 Å². The summed E-state index contributed by atoms with van der Waals surface area (Å²) in [4.78, 5) is 16.9. The molecule has 32 heavy (non-hydrogen) atoms. The summed E-state index contributed by atoms with van der Waals surface area (Å²) in [5.74, 6) is 0.542. The molecule has 0 radical (unpaired) electrons. The van der Waals surface area contributed by atoms with Crippen LogP contribution in [0.25, 0.3) is 23.0 Å². The van der Waals surface area contributed by atoms with Gasteiger partial charge in [0.2, 0.25) is 5.91 Å². The normalized spacial score (nSPS) is 11.9. The minimum absolute atomic E-state index is 0.201. The first kappa shape index (κ1) is 21.1. The molecule has 160 valence electrons. The highest BCUT2D eigenvalue weighted by atomic mass is 16.5. The molecule has 6 heteroatoms. The summed E-state index contributed by atoms with van der Waals surface area (Å²) >= 11 is 0. The fraction of sp³-hybridized carbons (Fsp3) is 0.115. The van der Waals surface area contributed by atoms with E-state index in [0.29, 0.717) is 0 Å². The molecule has 4 rings (SSSR count). The van der Waals surface area contributed by atoms with Gasteiger partial charge < -0.3 is 10.1 Å². The van der Waals surface area contributed by atoms with Crippen LogP contribution in [0.4, 0.5) is 0 Å². The van der Waals surface area contributed by atoms with Gasteiger partial charge in [-0.2, -0.15) is 5.10 Å². The molecule has 1 unspecified atom stereocenters. The van der Waals surface area contributed by atoms with Gasteiger partial charge in [-0.3, -0.25) is 9.78 Å². The van der Waals surface area contributed by atoms with Crippen LogP contribution in [-0.2, 0) is 4.79 Å². The van der Waals surface area contributed by atoms with Crippen molar-refractivity contribution >= 4 is 12.0 Å². The van der Waals surface area contributed by atoms with E-state index in [1.165, 1.54) is 6.08 Å². The van der Waals surface area contributed by atoms with E-state index >= 15 is 0 Å². The second-order valence-electron chi connectivity index (χ2n) is 7.26. The van der Waals surface area contributed by atoms with Crippen molar-refractivity contribution < 1.29 is 9.53 Å². The zero-order valence-electron chi connectivity index (χ0n) is 18.0. The van der Waals surface area contributed by atoms with Crippen molar-refractivity contribution in [3.05, 3.63) is 103 Å². The Bertz CT molecular complexity index is 1220. The lowest BCUT2D eigenvalue weighted by atomic mass is 10.1. The number of hydrogen-bond donors (Lipinski definition) is 1. The summed E-state index contributed by atoms with van der Waals surface area (Å²) in [6.45, 7) is 1.93. The maximum Gasteiger partial charge on any atom is 0.244 e. The van der Waals surface area contributed by atoms with Gasteiger partial charge in [0.1, 0.15) is 11.4 Å². The number of nitrogens with zero attached hydrogens (tertiary/aromatic N) is 3. The predicted molar refractivity (Wildman–Crippen MR) is 125 cm³/mol. The second-order valence-corrected chi connectivity index (χ2v) is 7.26. The minimum Gasteiger partial charge on any atom is -0.496 e. The number of methoxy groups -OCH3 is 1. The molecule has 4 aromatic rings. The lowest BCUT2D eigenvalue weighted by Gasteiger charge is -2.16. The molecule has 0 saturated heterocycles. The van der Waals surface area contributed by atoms with Crippen molar-refractivity contribution in [2.45, 2.75) is 13.0 Å². The standard InChI is InChI=1S/C26H24N4O2/c1-19(23-12-6-7-13-24(23)32-2)28-25(31)15-14-21-18-30(22-10-4-3-5-11-22)29-26(21)20-9-8-16-27-17-20/h3-19H,1-2H3,(H,28,31)/b15-14+. The van der Waals surface area contributed by atoms with E-state index < -0.39 is 0 Å². The van der Waals surface area contributed by atoms with Gasteiger partial charge in [-0.15, -0.1) is 0 Å². The number of nitrogens with one attached hydrogen (secondary N) is 1. The Hall–Kier alpha value is -4.19. The molecule has 2 aromatic carbocycles. The number of benzene rings is 2. The molecule has 0 bridgehead atoms. The Morgan fingerprint density at radius 2 is 1.84 bits per heavy atom. The van der Waals surface area contributed by atoms with Crippen molar-refractivity contribution in [2.75, 3.05) is 7.11 Å². The predicted octanol–water partition coefficient (Wildman–Crippen LogP) is 4.83. The van der Waals surface area contributed by atoms with Gasteiger partial charge in [0, 0.05) is 41.4 Å². The highest BCUT2D eigenvalue weighted by molar-refractivity contribution is 5.93. The largest absolute Gasteiger partial charge is 0.496 e. The number of rotatable bonds is 7. The molecule has 0 aliphatic heterocycles. The fourth-order valence-electron chi connectivity index (χ4n) is 3.48. The number of amides is 1. The topological polar surface area (TPSA) is 69.0 Å². The second kappa shape index (κ2) is 9.75. The van der Waals surface area contributed by atoms with E-state index in [9.17, 15) is 4.79 Å². The van der Waals surface area contributed by atoms with Crippen LogP contribution in [0, 0.1) is 0 Å². The van der Waals surface area contributed by atoms with Crippen molar-refractivity contribution in [1.29, 1.82) is 0 Å². The van der Waals surface area contributed by atoms with Crippen LogP contribution in [-0.4, -0.2) is 27.8 Å². The number of hydrogen-bond acceptors (Lipinski definition) is 4. The molecule has 0 aliphatic carbocycles. The molecule has 6 nitrogen and oxygen atoms in total. The first-order valence-electron chi connectivity index (χ1n) is 10.3. The van der Waals surface area contributed by atoms with Gasteiger partial charge >= 0.3 is 0 Å². The number of ether oxygens (including phenoxy) is 1. The van der Waals surface area contributed by atoms with Gasteiger partial charge in [-0.25, -0.2) is 4.68 Å². The number of pyridine rings is 1. The Kier molecular flexibility index (Phi) is 6.41. The quantitative estimate of drug-likeness (QED) is 0.431. The summed E-state index contributed by atoms with van der Waals surface area (Å²) in [5.41, 5.74) is 4.31. The lowest BCUT2D eigenvalue weighted by Crippen LogP contribution is -2.24. The Balaban J connectivity index is 1.58. The zero-order chi connectivity index (χ0) is 22.3. The third-order valence-corrected chi connectivity index (χ3v) is 5.08. The van der Waals surface area contributed by atoms with Crippen LogP contribution in [0.5, 0.6) is 5.75 Å². The maximum absolute atomic E-state index is 12.6. The molecule has 1 N–H and O–H groups in total. The van der Waals surface area contributed by atoms with Crippen LogP contribution in [0.2, 0.25) is 0 Å². The zero-order valence-corrected chi connectivity index (χ0v) is 18.0. The molecular formula is C26H24N4O2. The number of carbonyl (C=O) groups is 1. The summed E-state index contributed by atoms with van der Waals surface area (Å²) in [6.07, 6.45) is 8.70. The molecule has 2 aromatic heterocycles. The average Bonchev–Trinajstić information content (AvgIpc) is 3.28. The molecule has 0 saturated carbocycles. The summed E-state index contributed by atoms with van der Waals surface area (Å²) in [7, 11) is 1.62. The van der Waals surface area contributed by atoms with Gasteiger partial charge in [0.15, 0.2) is 0 Å². The highest BCUT2D eigenvalue weighted by Crippen LogP contribution is 2.25. The lowest BCUT2D eigenvalue weighted by molar-refractivity contribution is -0.117. The van der Waals surface area contributed by atoms with Crippen molar-refractivity contribution in [3.63, 3.8) is 0 Å². The highest BCUT2D eigenvalue weighted by Gasteiger charge is 2.14. The molecule has 2 heterocycles. The minimum atomic E-state index is -0.201. The average molecular weight is 425 g/mol. The van der Waals surface area contributed by atoms with Crippen LogP contribution in [0.15, 0.2) is 91.4 Å². The third-order valence-electron chi connectivity index (χ3n) is 5.08. The number of aromatic nitrogens is 3. The van der Waals surface area contributed by atoms with E-state index in [1.807, 2.05) is 79.9 Å². The van der Waals surface area contributed by atoms with Crippen molar-refractivity contribution in [2.24, 2.45) is 0 Å². The Labute approximate surface area is 187 Å². The van der Waals surface area contributed by atoms with E-state index in [0.717, 1.165) is 33.8 Å². The summed E-state index contributed by atoms with van der Waals surface area (Å²) in [5, 5.41) is 7.73. The SMILES string of the molecule is COc1ccccc1C(C)NC(=O)/C=C/c1cn(-c2ccccc2)nc1-c1cccnc1. The van der Waals surface area contributed by atoms with Crippen LogP contribution < -0.4 is 10.1 Å². The van der Waals surface area contributed by atoms with E-state index in [1.54, 1.807) is 30.3 Å². The summed E-state index contributed by atoms with van der Waals surface area (Å²) in [6, 6.07) is 21.1. The first-order valence-corrected chi connectivity index (χ1v) is 10.3. The Morgan fingerprint density at radius 1 is 1.06 bits per heavy atom. The maximum atomic E-state index is 12.6. The van der Waals surface area contributed by atoms with Gasteiger partial charge in [0.25, 0.3) is 0 Å². The van der Waals surface area contributed by atoms with Crippen molar-refractivity contribution in [1.82, 2.24) is 20.1 Å². The summed E-state index contributed by atoms with van der Waals surface area (Å²) < 4.78 is 7.20. The molecule has 0 fully saturated rings. The van der Waals surface area contributed by atoms with Crippen LogP contribution in [0.3, 0.4) is 0 Å². The smallest absolute Gasteiger partial charge is 0.244 e. The monoisotopic (exact) mass is 424 g/mol. The van der Waals surface area contributed by atoms with E-state index in [-0.39, 0.29) is 11.9 Å². The van der Waals surface area contributed by atoms with Crippen LogP contribution in [0.1, 0.15) is 24.1 Å². The molecule has 0 spiro atoms. The number of para-hydroxylation sites is 2. The Morgan fingerprint density at radius 3 is 2.59 bits per heavy atom. The molecule has 1 atom stereocenters. The van der Waals surface area contributed by atoms with Crippen molar-refractivity contribution in [3.8, 4) is 22.7 Å². The van der Waals surface area contributed by atoms with Gasteiger partial charge in [-0.05, 0) is 43.3 Å². The van der Waals surface area contributed by atoms with Gasteiger partial charge in [0.05, 0.1) is 18.8 Å². The van der Waals surface area contributed by atoms with E-state index in [2.05, 4.69) is 10.3 Å². The molecule has 0 aliphatic rings.